The molecule has 0 radical (unpaired) electrons. The Bertz CT molecular complexity index is 840. The summed E-state index contributed by atoms with van der Waals surface area (Å²) in [5, 5.41) is 20.6. The predicted octanol–water partition coefficient (Wildman–Crippen LogP) is 6.09. The molecule has 6 heteroatoms. The van der Waals surface area contributed by atoms with Gasteiger partial charge in [0.05, 0.1) is 18.8 Å². The molecule has 0 aliphatic heterocycles. The monoisotopic (exact) mass is 457 g/mol. The Kier molecular flexibility index (Phi) is 9.30. The van der Waals surface area contributed by atoms with Gasteiger partial charge in [-0.15, -0.1) is 0 Å². The second-order valence-corrected chi connectivity index (χ2v) is 10.9. The molecule has 1 aromatic heterocycles. The second kappa shape index (κ2) is 12.0. The van der Waals surface area contributed by atoms with Gasteiger partial charge in [-0.25, -0.2) is 0 Å². The van der Waals surface area contributed by atoms with Gasteiger partial charge < -0.3 is 9.84 Å². The first-order chi connectivity index (χ1) is 15.8. The Morgan fingerprint density at radius 1 is 1.06 bits per heavy atom. The minimum Gasteiger partial charge on any atom is -0.466 e. The SMILES string of the molecule is CCCCCCCCOC(=O)CCC1CC(n2nc3ccccc3n2)C(O)C(C(C)(C)C)C1. The van der Waals surface area contributed by atoms with E-state index in [1.54, 1.807) is 4.80 Å². The third-order valence-corrected chi connectivity index (χ3v) is 7.20. The highest BCUT2D eigenvalue weighted by Crippen LogP contribution is 2.45. The number of hydrogen-bond acceptors (Lipinski definition) is 5. The van der Waals surface area contributed by atoms with Gasteiger partial charge in [0.1, 0.15) is 11.0 Å². The van der Waals surface area contributed by atoms with E-state index in [0.717, 1.165) is 43.1 Å². The fourth-order valence-electron chi connectivity index (χ4n) is 5.16. The molecule has 1 aromatic carbocycles. The van der Waals surface area contributed by atoms with Gasteiger partial charge in [0.15, 0.2) is 0 Å². The molecular formula is C27H43N3O3. The van der Waals surface area contributed by atoms with E-state index in [0.29, 0.717) is 18.9 Å². The molecule has 1 N–H and O–H groups in total. The lowest BCUT2D eigenvalue weighted by Crippen LogP contribution is -2.45. The fourth-order valence-corrected chi connectivity index (χ4v) is 5.16. The third kappa shape index (κ3) is 7.26. The van der Waals surface area contributed by atoms with Crippen molar-refractivity contribution < 1.29 is 14.6 Å². The number of aliphatic hydroxyl groups is 1. The number of carbonyl (C=O) groups is 1. The number of aliphatic hydroxyl groups excluding tert-OH is 1. The zero-order chi connectivity index (χ0) is 23.8. The summed E-state index contributed by atoms with van der Waals surface area (Å²) < 4.78 is 5.49. The van der Waals surface area contributed by atoms with Gasteiger partial charge in [-0.05, 0) is 55.1 Å². The molecule has 2 aromatic rings. The summed E-state index contributed by atoms with van der Waals surface area (Å²) in [6.45, 7) is 9.30. The number of nitrogens with zero attached hydrogens (tertiary/aromatic N) is 3. The number of aromatic nitrogens is 3. The lowest BCUT2D eigenvalue weighted by Gasteiger charge is -2.44. The molecule has 0 spiro atoms. The molecular weight excluding hydrogens is 414 g/mol. The number of carbonyl (C=O) groups excluding carboxylic acids is 1. The molecule has 0 amide bonds. The standard InChI is InChI=1S/C27H43N3O3/c1-5-6-7-8-9-12-17-33-25(31)16-15-20-18-21(27(2,3)4)26(32)24(19-20)30-28-22-13-10-11-14-23(22)29-30/h10-11,13-14,20-21,24,26,32H,5-9,12,15-19H2,1-4H3. The average Bonchev–Trinajstić information content (AvgIpc) is 3.21. The van der Waals surface area contributed by atoms with Gasteiger partial charge in [-0.2, -0.15) is 15.0 Å². The summed E-state index contributed by atoms with van der Waals surface area (Å²) in [5.41, 5.74) is 1.65. The zero-order valence-electron chi connectivity index (χ0n) is 21.0. The Morgan fingerprint density at radius 2 is 1.70 bits per heavy atom. The van der Waals surface area contributed by atoms with Crippen LogP contribution in [0.25, 0.3) is 11.0 Å². The molecule has 1 fully saturated rings. The lowest BCUT2D eigenvalue weighted by molar-refractivity contribution is -0.144. The topological polar surface area (TPSA) is 77.2 Å². The van der Waals surface area contributed by atoms with Gasteiger partial charge >= 0.3 is 5.97 Å². The van der Waals surface area contributed by atoms with Crippen molar-refractivity contribution in [3.8, 4) is 0 Å². The van der Waals surface area contributed by atoms with Crippen LogP contribution >= 0.6 is 0 Å². The molecule has 4 atom stereocenters. The van der Waals surface area contributed by atoms with Crippen molar-refractivity contribution in [2.24, 2.45) is 17.3 Å². The summed E-state index contributed by atoms with van der Waals surface area (Å²) in [5.74, 6) is 0.356. The normalized spacial score (nSPS) is 23.7. The molecule has 1 heterocycles. The van der Waals surface area contributed by atoms with E-state index in [4.69, 9.17) is 4.74 Å². The first-order valence-electron chi connectivity index (χ1n) is 12.9. The molecule has 184 valence electrons. The summed E-state index contributed by atoms with van der Waals surface area (Å²) in [6, 6.07) is 7.63. The van der Waals surface area contributed by atoms with Crippen LogP contribution in [0.4, 0.5) is 0 Å². The maximum absolute atomic E-state index is 12.3. The smallest absolute Gasteiger partial charge is 0.305 e. The zero-order valence-corrected chi connectivity index (χ0v) is 21.0. The quantitative estimate of drug-likeness (QED) is 0.326. The van der Waals surface area contributed by atoms with Crippen molar-refractivity contribution in [3.63, 3.8) is 0 Å². The minimum absolute atomic E-state index is 0.0405. The molecule has 6 nitrogen and oxygen atoms in total. The molecule has 0 saturated heterocycles. The van der Waals surface area contributed by atoms with Crippen molar-refractivity contribution >= 4 is 17.0 Å². The van der Waals surface area contributed by atoms with Crippen LogP contribution in [0.2, 0.25) is 0 Å². The van der Waals surface area contributed by atoms with Crippen LogP contribution in [0.5, 0.6) is 0 Å². The summed E-state index contributed by atoms with van der Waals surface area (Å²) in [4.78, 5) is 14.1. The summed E-state index contributed by atoms with van der Waals surface area (Å²) in [6.07, 6.45) is 9.52. The van der Waals surface area contributed by atoms with Crippen LogP contribution in [0.3, 0.4) is 0 Å². The number of unbranched alkanes of at least 4 members (excludes halogenated alkanes) is 5. The van der Waals surface area contributed by atoms with E-state index >= 15 is 0 Å². The lowest BCUT2D eigenvalue weighted by atomic mass is 9.65. The van der Waals surface area contributed by atoms with Crippen molar-refractivity contribution in [1.82, 2.24) is 15.0 Å². The Labute approximate surface area is 199 Å². The number of esters is 1. The maximum atomic E-state index is 12.3. The van der Waals surface area contributed by atoms with Crippen molar-refractivity contribution in [1.29, 1.82) is 0 Å². The van der Waals surface area contributed by atoms with Gasteiger partial charge in [0.25, 0.3) is 0 Å². The summed E-state index contributed by atoms with van der Waals surface area (Å²) in [7, 11) is 0. The van der Waals surface area contributed by atoms with E-state index in [-0.39, 0.29) is 23.3 Å². The predicted molar refractivity (Wildman–Crippen MR) is 132 cm³/mol. The largest absolute Gasteiger partial charge is 0.466 e. The van der Waals surface area contributed by atoms with E-state index in [1.807, 2.05) is 24.3 Å². The van der Waals surface area contributed by atoms with Gasteiger partial charge in [-0.3, -0.25) is 4.79 Å². The fraction of sp³-hybridized carbons (Fsp3) is 0.741. The van der Waals surface area contributed by atoms with Crippen LogP contribution in [0, 0.1) is 17.3 Å². The first kappa shape index (κ1) is 25.7. The number of rotatable bonds is 11. The number of ether oxygens (including phenoxy) is 1. The van der Waals surface area contributed by atoms with E-state index in [9.17, 15) is 9.90 Å². The third-order valence-electron chi connectivity index (χ3n) is 7.20. The van der Waals surface area contributed by atoms with Crippen LogP contribution in [-0.4, -0.2) is 38.8 Å². The molecule has 4 unspecified atom stereocenters. The van der Waals surface area contributed by atoms with E-state index < -0.39 is 6.10 Å². The minimum atomic E-state index is -0.511. The van der Waals surface area contributed by atoms with Crippen LogP contribution in [0.1, 0.15) is 97.9 Å². The maximum Gasteiger partial charge on any atom is 0.305 e. The highest BCUT2D eigenvalue weighted by molar-refractivity contribution is 5.73. The number of benzene rings is 1. The molecule has 1 aliphatic carbocycles. The second-order valence-electron chi connectivity index (χ2n) is 10.9. The molecule has 0 bridgehead atoms. The molecule has 1 saturated carbocycles. The summed E-state index contributed by atoms with van der Waals surface area (Å²) >= 11 is 0. The van der Waals surface area contributed by atoms with Crippen molar-refractivity contribution in [2.45, 2.75) is 104 Å². The number of fused-ring (bicyclic) bond motifs is 1. The first-order valence-corrected chi connectivity index (χ1v) is 12.9. The van der Waals surface area contributed by atoms with Crippen molar-refractivity contribution in [3.05, 3.63) is 24.3 Å². The van der Waals surface area contributed by atoms with Crippen molar-refractivity contribution in [2.75, 3.05) is 6.61 Å². The van der Waals surface area contributed by atoms with Crippen LogP contribution < -0.4 is 0 Å². The molecule has 33 heavy (non-hydrogen) atoms. The van der Waals surface area contributed by atoms with E-state index in [2.05, 4.69) is 37.9 Å². The highest BCUT2D eigenvalue weighted by atomic mass is 16.5. The molecule has 1 aliphatic rings. The Hall–Kier alpha value is -1.95. The highest BCUT2D eigenvalue weighted by Gasteiger charge is 2.43. The van der Waals surface area contributed by atoms with Crippen LogP contribution in [0.15, 0.2) is 24.3 Å². The molecule has 3 rings (SSSR count). The Morgan fingerprint density at radius 3 is 2.33 bits per heavy atom. The Balaban J connectivity index is 1.56. The van der Waals surface area contributed by atoms with E-state index in [1.165, 1.54) is 25.7 Å². The average molecular weight is 458 g/mol. The van der Waals surface area contributed by atoms with Crippen LogP contribution in [-0.2, 0) is 9.53 Å². The number of hydrogen-bond donors (Lipinski definition) is 1. The van der Waals surface area contributed by atoms with Gasteiger partial charge in [-0.1, -0.05) is 71.9 Å². The van der Waals surface area contributed by atoms with Gasteiger partial charge in [0.2, 0.25) is 0 Å². The van der Waals surface area contributed by atoms with Gasteiger partial charge in [0, 0.05) is 6.42 Å².